The number of methoxy groups -OCH3 is 1. The van der Waals surface area contributed by atoms with E-state index < -0.39 is 6.10 Å². The molecule has 0 aliphatic heterocycles. The number of halogens is 2. The molecule has 0 aromatic heterocycles. The number of aliphatic hydroxyl groups excluding tert-OH is 1. The van der Waals surface area contributed by atoms with Crippen molar-refractivity contribution in [2.75, 3.05) is 13.7 Å². The van der Waals surface area contributed by atoms with Gasteiger partial charge in [-0.2, -0.15) is 0 Å². The van der Waals surface area contributed by atoms with Crippen molar-refractivity contribution in [1.29, 1.82) is 0 Å². The molecule has 0 radical (unpaired) electrons. The Bertz CT molecular complexity index is 659. The van der Waals surface area contributed by atoms with Crippen LogP contribution in [0.4, 0.5) is 0 Å². The van der Waals surface area contributed by atoms with Crippen LogP contribution >= 0.6 is 23.2 Å². The highest BCUT2D eigenvalue weighted by Crippen LogP contribution is 2.21. The van der Waals surface area contributed by atoms with E-state index in [9.17, 15) is 9.90 Å². The highest BCUT2D eigenvalue weighted by atomic mass is 35.5. The van der Waals surface area contributed by atoms with E-state index in [0.29, 0.717) is 21.9 Å². The number of carbonyl (C=O) groups excluding carboxylic acids is 1. The molecule has 0 heterocycles. The maximum atomic E-state index is 12.0. The van der Waals surface area contributed by atoms with Gasteiger partial charge in [0.15, 0.2) is 0 Å². The zero-order valence-electron chi connectivity index (χ0n) is 11.8. The van der Waals surface area contributed by atoms with E-state index in [4.69, 9.17) is 27.9 Å². The van der Waals surface area contributed by atoms with Crippen molar-refractivity contribution in [3.05, 3.63) is 63.6 Å². The quantitative estimate of drug-likeness (QED) is 0.876. The first-order chi connectivity index (χ1) is 10.5. The molecule has 1 amide bonds. The highest BCUT2D eigenvalue weighted by Gasteiger charge is 2.13. The number of nitrogens with one attached hydrogen (secondary N) is 1. The maximum absolute atomic E-state index is 12.0. The Labute approximate surface area is 138 Å². The summed E-state index contributed by atoms with van der Waals surface area (Å²) in [4.78, 5) is 12.0. The van der Waals surface area contributed by atoms with E-state index in [1.54, 1.807) is 43.5 Å². The van der Waals surface area contributed by atoms with Gasteiger partial charge >= 0.3 is 0 Å². The Morgan fingerprint density at radius 3 is 2.50 bits per heavy atom. The number of rotatable bonds is 5. The Morgan fingerprint density at radius 2 is 1.91 bits per heavy atom. The number of hydrogen-bond acceptors (Lipinski definition) is 3. The fraction of sp³-hybridized carbons (Fsp3) is 0.188. The summed E-state index contributed by atoms with van der Waals surface area (Å²) in [5.41, 5.74) is 0.997. The van der Waals surface area contributed by atoms with Crippen LogP contribution in [0.5, 0.6) is 5.75 Å². The number of amides is 1. The first kappa shape index (κ1) is 16.6. The number of hydrogen-bond donors (Lipinski definition) is 2. The molecular formula is C16H15Cl2NO3. The second kappa shape index (κ2) is 7.49. The third-order valence-corrected chi connectivity index (χ3v) is 3.68. The van der Waals surface area contributed by atoms with E-state index in [0.717, 1.165) is 0 Å². The topological polar surface area (TPSA) is 58.6 Å². The molecule has 0 aliphatic carbocycles. The summed E-state index contributed by atoms with van der Waals surface area (Å²) in [5.74, 6) is 0.335. The van der Waals surface area contributed by atoms with Gasteiger partial charge in [0.1, 0.15) is 5.75 Å². The van der Waals surface area contributed by atoms with Crippen LogP contribution in [0.3, 0.4) is 0 Å². The molecular weight excluding hydrogens is 325 g/mol. The van der Waals surface area contributed by atoms with Gasteiger partial charge in [-0.05, 0) is 35.9 Å². The second-order valence-corrected chi connectivity index (χ2v) is 5.47. The SMILES string of the molecule is COc1ccc(C(O)CNC(=O)c2ccc(Cl)cc2Cl)cc1. The van der Waals surface area contributed by atoms with Gasteiger partial charge in [-0.1, -0.05) is 35.3 Å². The Morgan fingerprint density at radius 1 is 1.23 bits per heavy atom. The molecule has 1 unspecified atom stereocenters. The molecule has 0 saturated heterocycles. The van der Waals surface area contributed by atoms with Crippen molar-refractivity contribution in [2.45, 2.75) is 6.10 Å². The molecule has 2 rings (SSSR count). The first-order valence-electron chi connectivity index (χ1n) is 6.56. The van der Waals surface area contributed by atoms with Crippen LogP contribution < -0.4 is 10.1 Å². The summed E-state index contributed by atoms with van der Waals surface area (Å²) >= 11 is 11.8. The van der Waals surface area contributed by atoms with Crippen molar-refractivity contribution in [2.24, 2.45) is 0 Å². The number of carbonyl (C=O) groups is 1. The molecule has 4 nitrogen and oxygen atoms in total. The fourth-order valence-corrected chi connectivity index (χ4v) is 2.40. The van der Waals surface area contributed by atoms with Crippen molar-refractivity contribution in [3.8, 4) is 5.75 Å². The molecule has 0 bridgehead atoms. The van der Waals surface area contributed by atoms with Crippen molar-refractivity contribution >= 4 is 29.1 Å². The average molecular weight is 340 g/mol. The van der Waals surface area contributed by atoms with Crippen molar-refractivity contribution in [1.82, 2.24) is 5.32 Å². The normalized spacial score (nSPS) is 11.8. The van der Waals surface area contributed by atoms with Crippen molar-refractivity contribution < 1.29 is 14.6 Å². The van der Waals surface area contributed by atoms with E-state index in [1.807, 2.05) is 0 Å². The zero-order chi connectivity index (χ0) is 16.1. The molecule has 0 fully saturated rings. The van der Waals surface area contributed by atoms with E-state index in [1.165, 1.54) is 6.07 Å². The molecule has 1 atom stereocenters. The van der Waals surface area contributed by atoms with Crippen LogP contribution in [0.2, 0.25) is 10.0 Å². The minimum atomic E-state index is -0.819. The summed E-state index contributed by atoms with van der Waals surface area (Å²) in [5, 5.41) is 13.4. The van der Waals surface area contributed by atoms with Gasteiger partial charge < -0.3 is 15.2 Å². The van der Waals surface area contributed by atoms with Gasteiger partial charge in [0.2, 0.25) is 0 Å². The molecule has 22 heavy (non-hydrogen) atoms. The lowest BCUT2D eigenvalue weighted by molar-refractivity contribution is 0.0916. The van der Waals surface area contributed by atoms with Gasteiger partial charge in [-0.25, -0.2) is 0 Å². The molecule has 2 aromatic carbocycles. The van der Waals surface area contributed by atoms with Crippen LogP contribution in [0.15, 0.2) is 42.5 Å². The smallest absolute Gasteiger partial charge is 0.252 e. The minimum absolute atomic E-state index is 0.0735. The molecule has 116 valence electrons. The Hall–Kier alpha value is -1.75. The van der Waals surface area contributed by atoms with E-state index >= 15 is 0 Å². The summed E-state index contributed by atoms with van der Waals surface area (Å²) < 4.78 is 5.05. The zero-order valence-corrected chi connectivity index (χ0v) is 13.4. The third kappa shape index (κ3) is 4.13. The second-order valence-electron chi connectivity index (χ2n) is 4.62. The molecule has 6 heteroatoms. The monoisotopic (exact) mass is 339 g/mol. The summed E-state index contributed by atoms with van der Waals surface area (Å²) in [6.45, 7) is 0.0735. The van der Waals surface area contributed by atoms with Gasteiger partial charge in [-0.15, -0.1) is 0 Å². The van der Waals surface area contributed by atoms with E-state index in [2.05, 4.69) is 5.32 Å². The van der Waals surface area contributed by atoms with Gasteiger partial charge in [0.25, 0.3) is 5.91 Å². The number of benzene rings is 2. The fourth-order valence-electron chi connectivity index (χ4n) is 1.90. The van der Waals surface area contributed by atoms with E-state index in [-0.39, 0.29) is 17.5 Å². The lowest BCUT2D eigenvalue weighted by Gasteiger charge is -2.13. The average Bonchev–Trinajstić information content (AvgIpc) is 2.52. The Balaban J connectivity index is 1.97. The van der Waals surface area contributed by atoms with Gasteiger partial charge in [0.05, 0.1) is 23.8 Å². The molecule has 0 spiro atoms. The lowest BCUT2D eigenvalue weighted by Crippen LogP contribution is -2.28. The summed E-state index contributed by atoms with van der Waals surface area (Å²) in [6.07, 6.45) is -0.819. The van der Waals surface area contributed by atoms with Crippen LogP contribution in [0.1, 0.15) is 22.0 Å². The van der Waals surface area contributed by atoms with Gasteiger partial charge in [0, 0.05) is 11.6 Å². The van der Waals surface area contributed by atoms with Crippen LogP contribution in [-0.4, -0.2) is 24.7 Å². The number of ether oxygens (including phenoxy) is 1. The van der Waals surface area contributed by atoms with Crippen LogP contribution in [0, 0.1) is 0 Å². The van der Waals surface area contributed by atoms with Crippen LogP contribution in [0.25, 0.3) is 0 Å². The molecule has 2 aromatic rings. The van der Waals surface area contributed by atoms with Gasteiger partial charge in [-0.3, -0.25) is 4.79 Å². The third-order valence-electron chi connectivity index (χ3n) is 3.13. The maximum Gasteiger partial charge on any atom is 0.252 e. The van der Waals surface area contributed by atoms with Crippen LogP contribution in [-0.2, 0) is 0 Å². The Kier molecular flexibility index (Phi) is 5.66. The minimum Gasteiger partial charge on any atom is -0.497 e. The first-order valence-corrected chi connectivity index (χ1v) is 7.32. The molecule has 2 N–H and O–H groups in total. The molecule has 0 aliphatic rings. The molecule has 0 saturated carbocycles. The summed E-state index contributed by atoms with van der Waals surface area (Å²) in [6, 6.07) is 11.6. The summed E-state index contributed by atoms with van der Waals surface area (Å²) in [7, 11) is 1.57. The number of aliphatic hydroxyl groups is 1. The lowest BCUT2D eigenvalue weighted by atomic mass is 10.1. The standard InChI is InChI=1S/C16H15Cl2NO3/c1-22-12-5-2-10(3-6-12)15(20)9-19-16(21)13-7-4-11(17)8-14(13)18/h2-8,15,20H,9H2,1H3,(H,19,21). The van der Waals surface area contributed by atoms with Crippen molar-refractivity contribution in [3.63, 3.8) is 0 Å². The predicted molar refractivity (Wildman–Crippen MR) is 86.7 cm³/mol. The largest absolute Gasteiger partial charge is 0.497 e. The highest BCUT2D eigenvalue weighted by molar-refractivity contribution is 6.36. The predicted octanol–water partition coefficient (Wildman–Crippen LogP) is 3.47.